The number of rotatable bonds is 0. The Balaban J connectivity index is 0.000000151. The molecule has 4 rings (SSSR count). The zero-order valence-electron chi connectivity index (χ0n) is 14.9. The first-order valence-electron chi connectivity index (χ1n) is 8.38. The molecule has 2 aromatic rings. The van der Waals surface area contributed by atoms with Crippen molar-refractivity contribution in [2.24, 2.45) is 0 Å². The van der Waals surface area contributed by atoms with E-state index in [9.17, 15) is 4.79 Å². The van der Waals surface area contributed by atoms with Crippen molar-refractivity contribution < 1.29 is 14.3 Å². The molecule has 0 bridgehead atoms. The van der Waals surface area contributed by atoms with Crippen LogP contribution in [-0.2, 0) is 9.47 Å². The molecule has 7 nitrogen and oxygen atoms in total. The highest BCUT2D eigenvalue weighted by Crippen LogP contribution is 2.30. The molecule has 0 aromatic carbocycles. The van der Waals surface area contributed by atoms with E-state index in [1.807, 2.05) is 13.0 Å². The zero-order valence-corrected chi connectivity index (χ0v) is 14.9. The van der Waals surface area contributed by atoms with Crippen molar-refractivity contribution in [2.45, 2.75) is 25.7 Å². The summed E-state index contributed by atoms with van der Waals surface area (Å²) in [6.45, 7) is 8.87. The molecular formula is C19H22N4O3. The molecule has 2 atom stereocenters. The molecule has 0 fully saturated rings. The normalized spacial score (nSPS) is 20.7. The number of hydrogen-bond acceptors (Lipinski definition) is 7. The molecule has 0 aliphatic carbocycles. The summed E-state index contributed by atoms with van der Waals surface area (Å²) in [7, 11) is 0. The van der Waals surface area contributed by atoms with Crippen LogP contribution in [0.1, 0.15) is 53.0 Å². The van der Waals surface area contributed by atoms with Gasteiger partial charge in [-0.1, -0.05) is 20.4 Å². The lowest BCUT2D eigenvalue weighted by molar-refractivity contribution is 0.0445. The molecule has 0 saturated heterocycles. The number of anilines is 2. The highest BCUT2D eigenvalue weighted by atomic mass is 16.5. The number of pyridine rings is 2. The van der Waals surface area contributed by atoms with Gasteiger partial charge in [-0.15, -0.1) is 0 Å². The Hall–Kier alpha value is -3.09. The van der Waals surface area contributed by atoms with Crippen LogP contribution in [0, 0.1) is 0 Å². The van der Waals surface area contributed by atoms with Gasteiger partial charge in [0.05, 0.1) is 30.2 Å². The summed E-state index contributed by atoms with van der Waals surface area (Å²) in [5.41, 5.74) is 14.4. The first kappa shape index (κ1) is 17.7. The minimum atomic E-state index is -0.305. The molecule has 2 aliphatic rings. The van der Waals surface area contributed by atoms with E-state index in [-0.39, 0.29) is 11.9 Å². The van der Waals surface area contributed by atoms with Crippen LogP contribution in [0.5, 0.6) is 0 Å². The van der Waals surface area contributed by atoms with Crippen LogP contribution in [-0.4, -0.2) is 29.2 Å². The predicted octanol–water partition coefficient (Wildman–Crippen LogP) is 2.71. The second-order valence-corrected chi connectivity index (χ2v) is 6.47. The maximum atomic E-state index is 11.2. The molecular weight excluding hydrogens is 332 g/mol. The molecule has 4 heterocycles. The van der Waals surface area contributed by atoms with Gasteiger partial charge in [0.1, 0.15) is 17.4 Å². The van der Waals surface area contributed by atoms with Gasteiger partial charge in [-0.05, 0) is 24.3 Å². The largest absolute Gasteiger partial charge is 0.493 e. The molecule has 4 N–H and O–H groups in total. The van der Waals surface area contributed by atoms with E-state index in [0.29, 0.717) is 42.1 Å². The van der Waals surface area contributed by atoms with Crippen LogP contribution in [0.4, 0.5) is 11.6 Å². The SMILES string of the molecule is C=C1OC[C@@H](C)c2nc(N)ccc21.C[C@H]1COC(=O)c2ccc(N)nc21. The maximum absolute atomic E-state index is 11.2. The third kappa shape index (κ3) is 3.46. The Bertz CT molecular complexity index is 794. The number of ether oxygens (including phenoxy) is 2. The summed E-state index contributed by atoms with van der Waals surface area (Å²) < 4.78 is 10.3. The van der Waals surface area contributed by atoms with Gasteiger partial charge < -0.3 is 20.9 Å². The van der Waals surface area contributed by atoms with Crippen LogP contribution in [0.25, 0.3) is 5.76 Å². The zero-order chi connectivity index (χ0) is 18.8. The highest BCUT2D eigenvalue weighted by molar-refractivity contribution is 5.92. The molecule has 0 amide bonds. The molecule has 0 saturated carbocycles. The number of esters is 1. The number of aromatic nitrogens is 2. The summed E-state index contributed by atoms with van der Waals surface area (Å²) in [6.07, 6.45) is 0. The number of carbonyl (C=O) groups is 1. The summed E-state index contributed by atoms with van der Waals surface area (Å²) in [4.78, 5) is 19.6. The van der Waals surface area contributed by atoms with Gasteiger partial charge >= 0.3 is 5.97 Å². The van der Waals surface area contributed by atoms with Crippen LogP contribution >= 0.6 is 0 Å². The van der Waals surface area contributed by atoms with Crippen LogP contribution in [0.2, 0.25) is 0 Å². The first-order chi connectivity index (χ1) is 12.4. The minimum absolute atomic E-state index is 0.135. The van der Waals surface area contributed by atoms with Gasteiger partial charge in [0.15, 0.2) is 0 Å². The Morgan fingerprint density at radius 3 is 2.04 bits per heavy atom. The number of nitrogens with zero attached hydrogens (tertiary/aromatic N) is 2. The standard InChI is InChI=1S/C10H12N2O.C9H10N2O2/c1-6-5-13-7(2)8-3-4-9(11)12-10(6)8;1-5-4-13-9(12)6-2-3-7(10)11-8(5)6/h3-4,6H,2,5H2,1H3,(H2,11,12);2-3,5H,4H2,1H3,(H2,10,11)/t6-;5-/m10/s1. The number of nitrogen functional groups attached to an aromatic ring is 2. The second kappa shape index (κ2) is 7.03. The fraction of sp³-hybridized carbons (Fsp3) is 0.316. The second-order valence-electron chi connectivity index (χ2n) is 6.47. The lowest BCUT2D eigenvalue weighted by Gasteiger charge is -2.23. The molecule has 0 spiro atoms. The van der Waals surface area contributed by atoms with E-state index in [0.717, 1.165) is 17.0 Å². The smallest absolute Gasteiger partial charge is 0.340 e. The summed E-state index contributed by atoms with van der Waals surface area (Å²) in [5.74, 6) is 1.82. The number of cyclic esters (lactones) is 1. The fourth-order valence-electron chi connectivity index (χ4n) is 2.88. The van der Waals surface area contributed by atoms with Crippen LogP contribution < -0.4 is 11.5 Å². The third-order valence-electron chi connectivity index (χ3n) is 4.32. The van der Waals surface area contributed by atoms with E-state index < -0.39 is 0 Å². The molecule has 0 radical (unpaired) electrons. The van der Waals surface area contributed by atoms with Crippen LogP contribution in [0.3, 0.4) is 0 Å². The van der Waals surface area contributed by atoms with E-state index in [4.69, 9.17) is 20.9 Å². The van der Waals surface area contributed by atoms with Gasteiger partial charge in [-0.3, -0.25) is 0 Å². The van der Waals surface area contributed by atoms with Crippen molar-refractivity contribution in [2.75, 3.05) is 24.7 Å². The Morgan fingerprint density at radius 1 is 0.923 bits per heavy atom. The minimum Gasteiger partial charge on any atom is -0.493 e. The molecule has 7 heteroatoms. The van der Waals surface area contributed by atoms with Gasteiger partial charge in [-0.2, -0.15) is 0 Å². The van der Waals surface area contributed by atoms with Crippen LogP contribution in [0.15, 0.2) is 30.8 Å². The third-order valence-corrected chi connectivity index (χ3v) is 4.32. The predicted molar refractivity (Wildman–Crippen MR) is 99.4 cm³/mol. The topological polar surface area (TPSA) is 113 Å². The van der Waals surface area contributed by atoms with Crippen molar-refractivity contribution >= 4 is 23.4 Å². The molecule has 26 heavy (non-hydrogen) atoms. The molecule has 2 aromatic heterocycles. The first-order valence-corrected chi connectivity index (χ1v) is 8.38. The summed E-state index contributed by atoms with van der Waals surface area (Å²) in [5, 5.41) is 0. The van der Waals surface area contributed by atoms with Crippen molar-refractivity contribution in [1.82, 2.24) is 9.97 Å². The molecule has 2 aliphatic heterocycles. The monoisotopic (exact) mass is 354 g/mol. The van der Waals surface area contributed by atoms with Crippen molar-refractivity contribution in [3.05, 3.63) is 53.4 Å². The van der Waals surface area contributed by atoms with Gasteiger partial charge in [0.25, 0.3) is 0 Å². The van der Waals surface area contributed by atoms with E-state index in [2.05, 4.69) is 23.5 Å². The van der Waals surface area contributed by atoms with Crippen molar-refractivity contribution in [3.8, 4) is 0 Å². The molecule has 0 unspecified atom stereocenters. The van der Waals surface area contributed by atoms with E-state index in [1.165, 1.54) is 0 Å². The summed E-state index contributed by atoms with van der Waals surface area (Å²) in [6, 6.07) is 6.95. The maximum Gasteiger partial charge on any atom is 0.340 e. The van der Waals surface area contributed by atoms with Crippen molar-refractivity contribution in [3.63, 3.8) is 0 Å². The average molecular weight is 354 g/mol. The van der Waals surface area contributed by atoms with E-state index >= 15 is 0 Å². The van der Waals surface area contributed by atoms with Gasteiger partial charge in [0, 0.05) is 17.4 Å². The van der Waals surface area contributed by atoms with Gasteiger partial charge in [-0.25, -0.2) is 14.8 Å². The highest BCUT2D eigenvalue weighted by Gasteiger charge is 2.25. The van der Waals surface area contributed by atoms with E-state index in [1.54, 1.807) is 18.2 Å². The summed E-state index contributed by atoms with van der Waals surface area (Å²) >= 11 is 0. The number of carbonyl (C=O) groups excluding carboxylic acids is 1. The Kier molecular flexibility index (Phi) is 4.79. The molecule has 136 valence electrons. The Morgan fingerprint density at radius 2 is 1.42 bits per heavy atom. The number of nitrogens with two attached hydrogens (primary N) is 2. The lowest BCUT2D eigenvalue weighted by atomic mass is 9.99. The van der Waals surface area contributed by atoms with Gasteiger partial charge in [0.2, 0.25) is 0 Å². The Labute approximate surface area is 152 Å². The quantitative estimate of drug-likeness (QED) is 0.699. The fourth-order valence-corrected chi connectivity index (χ4v) is 2.88. The van der Waals surface area contributed by atoms with Crippen molar-refractivity contribution in [1.29, 1.82) is 0 Å². The average Bonchev–Trinajstić information content (AvgIpc) is 2.62. The number of fused-ring (bicyclic) bond motifs is 2. The lowest BCUT2D eigenvalue weighted by Crippen LogP contribution is -2.22. The number of hydrogen-bond donors (Lipinski definition) is 2.